The van der Waals surface area contributed by atoms with E-state index in [2.05, 4.69) is 0 Å². The average Bonchev–Trinajstić information content (AvgIpc) is 2.26. The van der Waals surface area contributed by atoms with Gasteiger partial charge in [-0.05, 0) is 24.6 Å². The van der Waals surface area contributed by atoms with Gasteiger partial charge in [0.15, 0.2) is 18.1 Å². The molecular formula is C12H14F3NO2S. The molecular weight excluding hydrogens is 279 g/mol. The van der Waals surface area contributed by atoms with E-state index in [4.69, 9.17) is 27.4 Å². The number of benzene rings is 1. The Morgan fingerprint density at radius 3 is 2.47 bits per heavy atom. The van der Waals surface area contributed by atoms with Crippen LogP contribution in [0.5, 0.6) is 11.5 Å². The first-order valence-corrected chi connectivity index (χ1v) is 5.96. The highest BCUT2D eigenvalue weighted by Crippen LogP contribution is 2.30. The van der Waals surface area contributed by atoms with Crippen LogP contribution in [-0.2, 0) is 6.42 Å². The molecule has 0 saturated carbocycles. The Labute approximate surface area is 114 Å². The Balaban J connectivity index is 2.87. The molecule has 19 heavy (non-hydrogen) atoms. The van der Waals surface area contributed by atoms with Crippen molar-refractivity contribution >= 4 is 17.2 Å². The molecule has 0 saturated heterocycles. The average molecular weight is 293 g/mol. The predicted octanol–water partition coefficient (Wildman–Crippen LogP) is 2.86. The molecule has 7 heteroatoms. The fourth-order valence-corrected chi connectivity index (χ4v) is 1.58. The van der Waals surface area contributed by atoms with Gasteiger partial charge in [-0.25, -0.2) is 0 Å². The topological polar surface area (TPSA) is 44.5 Å². The summed E-state index contributed by atoms with van der Waals surface area (Å²) >= 11 is 4.78. The van der Waals surface area contributed by atoms with Crippen molar-refractivity contribution in [2.45, 2.75) is 19.5 Å². The largest absolute Gasteiger partial charge is 0.490 e. The summed E-state index contributed by atoms with van der Waals surface area (Å²) in [5, 5.41) is 0. The first kappa shape index (κ1) is 15.6. The minimum atomic E-state index is -4.39. The molecule has 0 aliphatic heterocycles. The number of ether oxygens (including phenoxy) is 2. The van der Waals surface area contributed by atoms with Crippen LogP contribution in [0.15, 0.2) is 18.2 Å². The molecule has 0 spiro atoms. The molecule has 0 aromatic heterocycles. The van der Waals surface area contributed by atoms with Crippen molar-refractivity contribution in [3.63, 3.8) is 0 Å². The Bertz CT molecular complexity index is 449. The van der Waals surface area contributed by atoms with E-state index in [0.29, 0.717) is 18.0 Å². The first-order chi connectivity index (χ1) is 8.81. The van der Waals surface area contributed by atoms with Gasteiger partial charge in [0.25, 0.3) is 0 Å². The highest BCUT2D eigenvalue weighted by molar-refractivity contribution is 7.80. The van der Waals surface area contributed by atoms with Gasteiger partial charge in [0.2, 0.25) is 0 Å². The minimum absolute atomic E-state index is 0.0471. The lowest BCUT2D eigenvalue weighted by Crippen LogP contribution is -2.19. The zero-order valence-electron chi connectivity index (χ0n) is 10.3. The lowest BCUT2D eigenvalue weighted by molar-refractivity contribution is -0.153. The SMILES string of the molecule is CCOc1cc(CC(N)=S)ccc1OCC(F)(F)F. The number of rotatable bonds is 6. The van der Waals surface area contributed by atoms with Gasteiger partial charge in [-0.15, -0.1) is 0 Å². The van der Waals surface area contributed by atoms with Gasteiger partial charge in [-0.2, -0.15) is 13.2 Å². The van der Waals surface area contributed by atoms with Crippen molar-refractivity contribution in [2.75, 3.05) is 13.2 Å². The summed E-state index contributed by atoms with van der Waals surface area (Å²) in [5.74, 6) is 0.298. The monoisotopic (exact) mass is 293 g/mol. The summed E-state index contributed by atoms with van der Waals surface area (Å²) < 4.78 is 46.3. The van der Waals surface area contributed by atoms with Crippen LogP contribution < -0.4 is 15.2 Å². The second kappa shape index (κ2) is 6.60. The van der Waals surface area contributed by atoms with E-state index >= 15 is 0 Å². The molecule has 0 amide bonds. The molecule has 0 aliphatic carbocycles. The van der Waals surface area contributed by atoms with Crippen LogP contribution in [0.2, 0.25) is 0 Å². The molecule has 0 heterocycles. The maximum absolute atomic E-state index is 12.1. The molecule has 1 aromatic rings. The zero-order chi connectivity index (χ0) is 14.5. The summed E-state index contributed by atoms with van der Waals surface area (Å²) in [5.41, 5.74) is 6.17. The lowest BCUT2D eigenvalue weighted by atomic mass is 10.1. The molecule has 1 rings (SSSR count). The van der Waals surface area contributed by atoms with Crippen LogP contribution >= 0.6 is 12.2 Å². The maximum atomic E-state index is 12.1. The Kier molecular flexibility index (Phi) is 5.41. The van der Waals surface area contributed by atoms with Gasteiger partial charge in [-0.1, -0.05) is 18.3 Å². The van der Waals surface area contributed by atoms with Crippen molar-refractivity contribution in [1.82, 2.24) is 0 Å². The van der Waals surface area contributed by atoms with Gasteiger partial charge in [0.1, 0.15) is 0 Å². The van der Waals surface area contributed by atoms with Crippen LogP contribution in [0.1, 0.15) is 12.5 Å². The van der Waals surface area contributed by atoms with E-state index in [9.17, 15) is 13.2 Å². The Hall–Kier alpha value is -1.50. The smallest absolute Gasteiger partial charge is 0.422 e. The first-order valence-electron chi connectivity index (χ1n) is 5.55. The van der Waals surface area contributed by atoms with E-state index in [1.165, 1.54) is 6.07 Å². The van der Waals surface area contributed by atoms with Crippen molar-refractivity contribution in [3.05, 3.63) is 23.8 Å². The predicted molar refractivity (Wildman–Crippen MR) is 69.7 cm³/mol. The lowest BCUT2D eigenvalue weighted by Gasteiger charge is -2.14. The summed E-state index contributed by atoms with van der Waals surface area (Å²) in [6, 6.07) is 4.60. The summed E-state index contributed by atoms with van der Waals surface area (Å²) in [6.07, 6.45) is -4.03. The molecule has 3 nitrogen and oxygen atoms in total. The van der Waals surface area contributed by atoms with E-state index < -0.39 is 12.8 Å². The van der Waals surface area contributed by atoms with Crippen LogP contribution in [0.3, 0.4) is 0 Å². The number of halogens is 3. The fraction of sp³-hybridized carbons (Fsp3) is 0.417. The van der Waals surface area contributed by atoms with Crippen molar-refractivity contribution in [1.29, 1.82) is 0 Å². The quantitative estimate of drug-likeness (QED) is 0.819. The molecule has 0 fully saturated rings. The Morgan fingerprint density at radius 2 is 1.95 bits per heavy atom. The van der Waals surface area contributed by atoms with Crippen LogP contribution in [0, 0.1) is 0 Å². The fourth-order valence-electron chi connectivity index (χ4n) is 1.41. The molecule has 0 bridgehead atoms. The molecule has 2 N–H and O–H groups in total. The van der Waals surface area contributed by atoms with Crippen LogP contribution in [0.25, 0.3) is 0 Å². The van der Waals surface area contributed by atoms with E-state index in [-0.39, 0.29) is 11.5 Å². The summed E-state index contributed by atoms with van der Waals surface area (Å²) in [7, 11) is 0. The number of hydrogen-bond acceptors (Lipinski definition) is 3. The van der Waals surface area contributed by atoms with Gasteiger partial charge in [-0.3, -0.25) is 0 Å². The summed E-state index contributed by atoms with van der Waals surface area (Å²) in [4.78, 5) is 0.298. The number of hydrogen-bond donors (Lipinski definition) is 1. The maximum Gasteiger partial charge on any atom is 0.422 e. The van der Waals surface area contributed by atoms with Gasteiger partial charge >= 0.3 is 6.18 Å². The van der Waals surface area contributed by atoms with Crippen LogP contribution in [-0.4, -0.2) is 24.4 Å². The van der Waals surface area contributed by atoms with Gasteiger partial charge in [0, 0.05) is 6.42 Å². The van der Waals surface area contributed by atoms with Crippen molar-refractivity contribution in [2.24, 2.45) is 5.73 Å². The van der Waals surface area contributed by atoms with E-state index in [1.807, 2.05) is 0 Å². The van der Waals surface area contributed by atoms with E-state index in [0.717, 1.165) is 5.56 Å². The van der Waals surface area contributed by atoms with Gasteiger partial charge < -0.3 is 15.2 Å². The molecule has 106 valence electrons. The molecule has 0 unspecified atom stereocenters. The number of thiocarbonyl (C=S) groups is 1. The number of nitrogens with two attached hydrogens (primary N) is 1. The van der Waals surface area contributed by atoms with Crippen LogP contribution in [0.4, 0.5) is 13.2 Å². The molecule has 0 atom stereocenters. The minimum Gasteiger partial charge on any atom is -0.490 e. The van der Waals surface area contributed by atoms with Crippen molar-refractivity contribution < 1.29 is 22.6 Å². The second-order valence-corrected chi connectivity index (χ2v) is 4.29. The second-order valence-electron chi connectivity index (χ2n) is 3.76. The molecule has 0 radical (unpaired) electrons. The summed E-state index contributed by atoms with van der Waals surface area (Å²) in [6.45, 7) is 0.689. The third-order valence-electron chi connectivity index (χ3n) is 2.08. The number of alkyl halides is 3. The third kappa shape index (κ3) is 5.78. The van der Waals surface area contributed by atoms with Gasteiger partial charge in [0.05, 0.1) is 11.6 Å². The molecule has 0 aliphatic rings. The Morgan fingerprint density at radius 1 is 1.26 bits per heavy atom. The zero-order valence-corrected chi connectivity index (χ0v) is 11.1. The highest BCUT2D eigenvalue weighted by atomic mass is 32.1. The standard InChI is InChI=1S/C12H14F3NO2S/c1-2-17-10-5-8(6-11(16)19)3-4-9(10)18-7-12(13,14)15/h3-5H,2,6-7H2,1H3,(H2,16,19). The van der Waals surface area contributed by atoms with E-state index in [1.54, 1.807) is 19.1 Å². The third-order valence-corrected chi connectivity index (χ3v) is 2.22. The highest BCUT2D eigenvalue weighted by Gasteiger charge is 2.29. The molecule has 1 aromatic carbocycles. The normalized spacial score (nSPS) is 11.2. The van der Waals surface area contributed by atoms with Crippen molar-refractivity contribution in [3.8, 4) is 11.5 Å².